The van der Waals surface area contributed by atoms with Crippen LogP contribution in [0.3, 0.4) is 0 Å². The fourth-order valence-corrected chi connectivity index (χ4v) is 2.54. The molecule has 0 saturated heterocycles. The number of aromatic nitrogens is 2. The third-order valence-electron chi connectivity index (χ3n) is 3.65. The van der Waals surface area contributed by atoms with E-state index < -0.39 is 0 Å². The summed E-state index contributed by atoms with van der Waals surface area (Å²) in [5.74, 6) is 0.731. The summed E-state index contributed by atoms with van der Waals surface area (Å²) in [4.78, 5) is 4.25. The van der Waals surface area contributed by atoms with Gasteiger partial charge in [-0.05, 0) is 49.4 Å². The largest absolute Gasteiger partial charge is 0.337 e. The van der Waals surface area contributed by atoms with Gasteiger partial charge in [-0.25, -0.2) is 4.39 Å². The highest BCUT2D eigenvalue weighted by Gasteiger charge is 2.22. The minimum atomic E-state index is -0.284. The second-order valence-electron chi connectivity index (χ2n) is 5.25. The summed E-state index contributed by atoms with van der Waals surface area (Å²) in [5, 5.41) is 7.02. The normalized spacial score (nSPS) is 22.1. The predicted octanol–water partition coefficient (Wildman–Crippen LogP) is 2.42. The molecule has 3 N–H and O–H groups in total. The quantitative estimate of drug-likeness (QED) is 0.896. The number of anilines is 1. The Kier molecular flexibility index (Phi) is 3.64. The summed E-state index contributed by atoms with van der Waals surface area (Å²) < 4.78 is 18.0. The molecular formula is C14H17FN4O. The van der Waals surface area contributed by atoms with Crippen molar-refractivity contribution in [3.63, 3.8) is 0 Å². The molecule has 0 aliphatic heterocycles. The van der Waals surface area contributed by atoms with Gasteiger partial charge in [-0.3, -0.25) is 0 Å². The predicted molar refractivity (Wildman–Crippen MR) is 73.5 cm³/mol. The number of hydrogen-bond donors (Lipinski definition) is 2. The number of nitrogens with one attached hydrogen (secondary N) is 1. The van der Waals surface area contributed by atoms with Gasteiger partial charge >= 0.3 is 6.01 Å². The minimum Gasteiger partial charge on any atom is -0.337 e. The van der Waals surface area contributed by atoms with Gasteiger partial charge in [0.1, 0.15) is 5.82 Å². The zero-order chi connectivity index (χ0) is 13.9. The van der Waals surface area contributed by atoms with Crippen molar-refractivity contribution in [1.29, 1.82) is 0 Å². The Morgan fingerprint density at radius 1 is 1.30 bits per heavy atom. The third-order valence-corrected chi connectivity index (χ3v) is 3.65. The lowest BCUT2D eigenvalue weighted by atomic mass is 10.1. The van der Waals surface area contributed by atoms with Crippen LogP contribution in [0.15, 0.2) is 28.8 Å². The molecule has 1 fully saturated rings. The van der Waals surface area contributed by atoms with E-state index in [0.29, 0.717) is 23.8 Å². The van der Waals surface area contributed by atoms with E-state index in [9.17, 15) is 4.39 Å². The fraction of sp³-hybridized carbons (Fsp3) is 0.429. The maximum absolute atomic E-state index is 12.8. The van der Waals surface area contributed by atoms with Gasteiger partial charge in [-0.2, -0.15) is 4.98 Å². The summed E-state index contributed by atoms with van der Waals surface area (Å²) in [6.07, 6.45) is 3.25. The highest BCUT2D eigenvalue weighted by molar-refractivity contribution is 5.55. The summed E-state index contributed by atoms with van der Waals surface area (Å²) in [7, 11) is 0. The number of hydrogen-bond acceptors (Lipinski definition) is 5. The number of rotatable bonds is 4. The van der Waals surface area contributed by atoms with Crippen molar-refractivity contribution in [3.8, 4) is 11.4 Å². The highest BCUT2D eigenvalue weighted by atomic mass is 19.1. The Hall–Kier alpha value is -1.95. The molecule has 0 amide bonds. The van der Waals surface area contributed by atoms with Gasteiger partial charge in [-0.15, -0.1) is 0 Å². The first kappa shape index (κ1) is 13.1. The van der Waals surface area contributed by atoms with Crippen LogP contribution in [0.25, 0.3) is 11.4 Å². The molecule has 6 heteroatoms. The van der Waals surface area contributed by atoms with Crippen LogP contribution in [0, 0.1) is 11.7 Å². The van der Waals surface area contributed by atoms with E-state index in [1.54, 1.807) is 12.1 Å². The lowest BCUT2D eigenvalue weighted by molar-refractivity contribution is 0.427. The van der Waals surface area contributed by atoms with Crippen LogP contribution in [0.4, 0.5) is 10.4 Å². The lowest BCUT2D eigenvalue weighted by Crippen LogP contribution is -2.17. The van der Waals surface area contributed by atoms with E-state index in [-0.39, 0.29) is 5.82 Å². The molecule has 1 aliphatic carbocycles. The summed E-state index contributed by atoms with van der Waals surface area (Å²) in [6, 6.07) is 6.71. The molecule has 0 bridgehead atoms. The van der Waals surface area contributed by atoms with Crippen molar-refractivity contribution in [2.75, 3.05) is 11.9 Å². The van der Waals surface area contributed by atoms with Gasteiger partial charge in [-0.1, -0.05) is 5.16 Å². The van der Waals surface area contributed by atoms with Crippen LogP contribution >= 0.6 is 0 Å². The maximum atomic E-state index is 12.8. The first-order valence-electron chi connectivity index (χ1n) is 6.80. The fourth-order valence-electron chi connectivity index (χ4n) is 2.54. The van der Waals surface area contributed by atoms with Gasteiger partial charge in [0.15, 0.2) is 0 Å². The monoisotopic (exact) mass is 276 g/mol. The number of nitrogens with zero attached hydrogens (tertiary/aromatic N) is 2. The average Bonchev–Trinajstić information content (AvgIpc) is 3.06. The van der Waals surface area contributed by atoms with Gasteiger partial charge in [0.2, 0.25) is 5.82 Å². The molecule has 2 atom stereocenters. The molecule has 1 aliphatic rings. The second-order valence-corrected chi connectivity index (χ2v) is 5.25. The summed E-state index contributed by atoms with van der Waals surface area (Å²) in [6.45, 7) is 0.790. The smallest absolute Gasteiger partial charge is 0.321 e. The van der Waals surface area contributed by atoms with Crippen LogP contribution < -0.4 is 11.1 Å². The Labute approximate surface area is 116 Å². The molecule has 0 radical (unpaired) electrons. The molecule has 0 spiro atoms. The molecule has 2 aromatic rings. The van der Waals surface area contributed by atoms with Crippen molar-refractivity contribution < 1.29 is 8.91 Å². The Balaban J connectivity index is 1.60. The summed E-state index contributed by atoms with van der Waals surface area (Å²) in [5.41, 5.74) is 6.60. The van der Waals surface area contributed by atoms with Crippen molar-refractivity contribution in [3.05, 3.63) is 30.1 Å². The van der Waals surface area contributed by atoms with E-state index in [0.717, 1.165) is 31.4 Å². The van der Waals surface area contributed by atoms with Crippen LogP contribution in [0.5, 0.6) is 0 Å². The molecule has 5 nitrogen and oxygen atoms in total. The minimum absolute atomic E-state index is 0.284. The molecular weight excluding hydrogens is 259 g/mol. The van der Waals surface area contributed by atoms with E-state index in [2.05, 4.69) is 15.5 Å². The first-order chi connectivity index (χ1) is 9.70. The van der Waals surface area contributed by atoms with E-state index >= 15 is 0 Å². The lowest BCUT2D eigenvalue weighted by Gasteiger charge is -2.08. The Morgan fingerprint density at radius 2 is 2.10 bits per heavy atom. The molecule has 0 unspecified atom stereocenters. The SMILES string of the molecule is N[C@@H]1CC[C@H](CNc2nc(-c3ccc(F)cc3)no2)C1. The first-order valence-corrected chi connectivity index (χ1v) is 6.80. The van der Waals surface area contributed by atoms with Crippen LogP contribution in [0.2, 0.25) is 0 Å². The van der Waals surface area contributed by atoms with Gasteiger partial charge in [0, 0.05) is 18.2 Å². The Bertz CT molecular complexity index is 569. The van der Waals surface area contributed by atoms with Gasteiger partial charge in [0.05, 0.1) is 0 Å². The van der Waals surface area contributed by atoms with Crippen molar-refractivity contribution in [2.45, 2.75) is 25.3 Å². The molecule has 1 aromatic carbocycles. The number of benzene rings is 1. The topological polar surface area (TPSA) is 77.0 Å². The zero-order valence-corrected chi connectivity index (χ0v) is 11.1. The third kappa shape index (κ3) is 2.96. The average molecular weight is 276 g/mol. The van der Waals surface area contributed by atoms with E-state index in [4.69, 9.17) is 10.3 Å². The van der Waals surface area contributed by atoms with E-state index in [1.807, 2.05) is 0 Å². The summed E-state index contributed by atoms with van der Waals surface area (Å²) >= 11 is 0. The second kappa shape index (κ2) is 5.58. The zero-order valence-electron chi connectivity index (χ0n) is 11.1. The Morgan fingerprint density at radius 3 is 2.80 bits per heavy atom. The molecule has 1 aromatic heterocycles. The van der Waals surface area contributed by atoms with Crippen molar-refractivity contribution >= 4 is 6.01 Å². The van der Waals surface area contributed by atoms with Crippen LogP contribution in [0.1, 0.15) is 19.3 Å². The van der Waals surface area contributed by atoms with Gasteiger partial charge < -0.3 is 15.6 Å². The van der Waals surface area contributed by atoms with Crippen molar-refractivity contribution in [1.82, 2.24) is 10.1 Å². The maximum Gasteiger partial charge on any atom is 0.321 e. The molecule has 3 rings (SSSR count). The molecule has 1 saturated carbocycles. The van der Waals surface area contributed by atoms with Crippen LogP contribution in [-0.2, 0) is 0 Å². The number of halogens is 1. The molecule has 1 heterocycles. The standard InChI is InChI=1S/C14H17FN4O/c15-11-4-2-10(3-5-11)13-18-14(20-19-13)17-8-9-1-6-12(16)7-9/h2-5,9,12H,1,6-8,16H2,(H,17,18,19)/t9-,12+/m0/s1. The molecule has 106 valence electrons. The van der Waals surface area contributed by atoms with Gasteiger partial charge in [0.25, 0.3) is 0 Å². The van der Waals surface area contributed by atoms with Crippen LogP contribution in [-0.4, -0.2) is 22.7 Å². The van der Waals surface area contributed by atoms with E-state index in [1.165, 1.54) is 12.1 Å². The highest BCUT2D eigenvalue weighted by Crippen LogP contribution is 2.24. The van der Waals surface area contributed by atoms with Crippen molar-refractivity contribution in [2.24, 2.45) is 11.7 Å². The number of nitrogens with two attached hydrogens (primary N) is 1. The molecule has 20 heavy (non-hydrogen) atoms.